The van der Waals surface area contributed by atoms with Crippen molar-refractivity contribution in [2.75, 3.05) is 7.11 Å². The van der Waals surface area contributed by atoms with E-state index in [1.165, 1.54) is 5.56 Å². The average molecular weight is 458 g/mol. The number of aliphatic imine (C=N–C) groups is 1. The van der Waals surface area contributed by atoms with Gasteiger partial charge in [0.25, 0.3) is 0 Å². The Hall–Kier alpha value is -4.71. The van der Waals surface area contributed by atoms with Gasteiger partial charge in [-0.1, -0.05) is 54.6 Å². The molecule has 0 aliphatic heterocycles. The Morgan fingerprint density at radius 3 is 2.51 bits per heavy atom. The quantitative estimate of drug-likeness (QED) is 0.281. The summed E-state index contributed by atoms with van der Waals surface area (Å²) in [7, 11) is 1.68. The largest absolute Gasteiger partial charge is 0.495 e. The molecule has 6 heteroatoms. The number of ether oxygens (including phenoxy) is 1. The van der Waals surface area contributed by atoms with Crippen molar-refractivity contribution in [3.63, 3.8) is 0 Å². The summed E-state index contributed by atoms with van der Waals surface area (Å²) in [5, 5.41) is 0. The van der Waals surface area contributed by atoms with E-state index in [0.717, 1.165) is 51.6 Å². The molecule has 0 unspecified atom stereocenters. The Balaban J connectivity index is 1.36. The predicted octanol–water partition coefficient (Wildman–Crippen LogP) is 6.18. The summed E-state index contributed by atoms with van der Waals surface area (Å²) in [6.45, 7) is 0.727. The minimum Gasteiger partial charge on any atom is -0.495 e. The van der Waals surface area contributed by atoms with E-state index in [0.29, 0.717) is 0 Å². The van der Waals surface area contributed by atoms with Crippen molar-refractivity contribution >= 4 is 34.0 Å². The number of rotatable bonds is 6. The number of fused-ring (bicyclic) bond motifs is 2. The second-order valence-corrected chi connectivity index (χ2v) is 8.25. The maximum absolute atomic E-state index is 5.53. The molecule has 35 heavy (non-hydrogen) atoms. The molecule has 0 amide bonds. The molecule has 0 saturated heterocycles. The third-order valence-corrected chi connectivity index (χ3v) is 6.07. The number of aromatic nitrogens is 4. The van der Waals surface area contributed by atoms with Crippen LogP contribution in [-0.4, -0.2) is 32.4 Å². The van der Waals surface area contributed by atoms with Crippen LogP contribution in [0.3, 0.4) is 0 Å². The zero-order valence-corrected chi connectivity index (χ0v) is 19.2. The van der Waals surface area contributed by atoms with Crippen LogP contribution in [0.5, 0.6) is 5.75 Å². The van der Waals surface area contributed by atoms with Gasteiger partial charge in [0.15, 0.2) is 5.82 Å². The monoisotopic (exact) mass is 457 g/mol. The van der Waals surface area contributed by atoms with Gasteiger partial charge in [0, 0.05) is 6.54 Å². The van der Waals surface area contributed by atoms with Crippen molar-refractivity contribution in [2.45, 2.75) is 6.54 Å². The molecule has 6 nitrogen and oxygen atoms in total. The van der Waals surface area contributed by atoms with E-state index in [4.69, 9.17) is 14.7 Å². The second kappa shape index (κ2) is 8.91. The Morgan fingerprint density at radius 1 is 0.829 bits per heavy atom. The number of hydrogen-bond donors (Lipinski definition) is 0. The topological polar surface area (TPSA) is 57.2 Å². The van der Waals surface area contributed by atoms with E-state index in [1.54, 1.807) is 7.11 Å². The van der Waals surface area contributed by atoms with Gasteiger partial charge in [-0.3, -0.25) is 9.56 Å². The minimum absolute atomic E-state index is 0.727. The summed E-state index contributed by atoms with van der Waals surface area (Å²) >= 11 is 0. The molecule has 2 aromatic heterocycles. The summed E-state index contributed by atoms with van der Waals surface area (Å²) in [6, 6.07) is 32.5. The van der Waals surface area contributed by atoms with Crippen LogP contribution in [0.25, 0.3) is 27.8 Å². The van der Waals surface area contributed by atoms with Gasteiger partial charge >= 0.3 is 0 Å². The smallest absolute Gasteiger partial charge is 0.152 e. The molecule has 0 fully saturated rings. The molecule has 4 aromatic carbocycles. The first kappa shape index (κ1) is 20.9. The molecule has 0 bridgehead atoms. The molecular weight excluding hydrogens is 434 g/mol. The number of methoxy groups -OCH3 is 1. The fourth-order valence-electron chi connectivity index (χ4n) is 4.36. The highest BCUT2D eigenvalue weighted by atomic mass is 16.5. The third-order valence-electron chi connectivity index (χ3n) is 6.07. The number of imidazole rings is 2. The Kier molecular flexibility index (Phi) is 5.31. The lowest BCUT2D eigenvalue weighted by Gasteiger charge is -2.09. The van der Waals surface area contributed by atoms with Crippen LogP contribution >= 0.6 is 0 Å². The molecule has 0 radical (unpaired) electrons. The van der Waals surface area contributed by atoms with Crippen LogP contribution in [0.4, 0.5) is 5.69 Å². The highest BCUT2D eigenvalue weighted by Crippen LogP contribution is 2.28. The third kappa shape index (κ3) is 3.95. The first-order valence-corrected chi connectivity index (χ1v) is 11.4. The first-order chi connectivity index (χ1) is 17.3. The van der Waals surface area contributed by atoms with Crippen LogP contribution < -0.4 is 4.74 Å². The lowest BCUT2D eigenvalue weighted by Crippen LogP contribution is -2.04. The number of nitrogens with zero attached hydrogens (tertiary/aromatic N) is 5. The van der Waals surface area contributed by atoms with Gasteiger partial charge in [0.05, 0.1) is 46.8 Å². The lowest BCUT2D eigenvalue weighted by molar-refractivity contribution is 0.413. The van der Waals surface area contributed by atoms with E-state index < -0.39 is 0 Å². The summed E-state index contributed by atoms with van der Waals surface area (Å²) in [5.41, 5.74) is 6.88. The van der Waals surface area contributed by atoms with E-state index in [1.807, 2.05) is 83.8 Å². The van der Waals surface area contributed by atoms with Crippen LogP contribution in [0.15, 0.2) is 108 Å². The molecule has 0 spiro atoms. The van der Waals surface area contributed by atoms with Crippen molar-refractivity contribution in [3.05, 3.63) is 115 Å². The highest BCUT2D eigenvalue weighted by molar-refractivity contribution is 5.87. The lowest BCUT2D eigenvalue weighted by atomic mass is 10.2. The molecule has 0 aliphatic carbocycles. The molecule has 6 aromatic rings. The fraction of sp³-hybridized carbons (Fsp3) is 0.0690. The number of para-hydroxylation sites is 4. The summed E-state index contributed by atoms with van der Waals surface area (Å²) in [5.74, 6) is 1.61. The Morgan fingerprint density at radius 2 is 1.63 bits per heavy atom. The first-order valence-electron chi connectivity index (χ1n) is 11.4. The van der Waals surface area contributed by atoms with Crippen LogP contribution in [0.2, 0.25) is 0 Å². The van der Waals surface area contributed by atoms with Crippen molar-refractivity contribution in [1.82, 2.24) is 19.1 Å². The van der Waals surface area contributed by atoms with Gasteiger partial charge in [-0.05, 0) is 48.0 Å². The van der Waals surface area contributed by atoms with E-state index in [2.05, 4.69) is 39.9 Å². The SMILES string of the molecule is COc1ccccc1-n1cnc2cc(N=Cc3nc4ccccc4n3Cc3ccccc3)ccc21. The molecular formula is C29H23N5O. The maximum Gasteiger partial charge on any atom is 0.152 e. The molecule has 6 rings (SSSR count). The molecule has 2 heterocycles. The minimum atomic E-state index is 0.727. The molecule has 0 atom stereocenters. The van der Waals surface area contributed by atoms with E-state index in [-0.39, 0.29) is 0 Å². The van der Waals surface area contributed by atoms with Gasteiger partial charge in [-0.15, -0.1) is 0 Å². The van der Waals surface area contributed by atoms with Crippen molar-refractivity contribution < 1.29 is 4.74 Å². The van der Waals surface area contributed by atoms with Gasteiger partial charge in [0.1, 0.15) is 12.1 Å². The van der Waals surface area contributed by atoms with Crippen molar-refractivity contribution in [3.8, 4) is 11.4 Å². The molecule has 170 valence electrons. The molecule has 0 N–H and O–H groups in total. The van der Waals surface area contributed by atoms with Gasteiger partial charge < -0.3 is 9.30 Å². The van der Waals surface area contributed by atoms with Gasteiger partial charge in [-0.25, -0.2) is 9.97 Å². The van der Waals surface area contributed by atoms with Gasteiger partial charge in [-0.2, -0.15) is 0 Å². The predicted molar refractivity (Wildman–Crippen MR) is 140 cm³/mol. The molecule has 0 saturated carbocycles. The second-order valence-electron chi connectivity index (χ2n) is 8.25. The Bertz CT molecular complexity index is 1660. The number of benzene rings is 4. The van der Waals surface area contributed by atoms with Crippen LogP contribution in [0.1, 0.15) is 11.4 Å². The van der Waals surface area contributed by atoms with Gasteiger partial charge in [0.2, 0.25) is 0 Å². The average Bonchev–Trinajstić information content (AvgIpc) is 3.49. The summed E-state index contributed by atoms with van der Waals surface area (Å²) in [6.07, 6.45) is 3.65. The maximum atomic E-state index is 5.53. The Labute approximate surface area is 202 Å². The zero-order chi connectivity index (χ0) is 23.6. The fourth-order valence-corrected chi connectivity index (χ4v) is 4.36. The normalized spacial score (nSPS) is 11.6. The summed E-state index contributed by atoms with van der Waals surface area (Å²) < 4.78 is 9.75. The van der Waals surface area contributed by atoms with Crippen molar-refractivity contribution in [2.24, 2.45) is 4.99 Å². The van der Waals surface area contributed by atoms with Crippen LogP contribution in [0, 0.1) is 0 Å². The highest BCUT2D eigenvalue weighted by Gasteiger charge is 2.11. The van der Waals surface area contributed by atoms with Crippen LogP contribution in [-0.2, 0) is 6.54 Å². The number of hydrogen-bond acceptors (Lipinski definition) is 4. The zero-order valence-electron chi connectivity index (χ0n) is 19.2. The standard InChI is InChI=1S/C29H23N5O/c1-35-28-14-8-7-13-27(28)34-20-31-24-17-22(15-16-26(24)34)30-18-29-32-23-11-5-6-12-25(23)33(29)19-21-9-3-2-4-10-21/h2-18,20H,19H2,1H3. The molecule has 0 aliphatic rings. The van der Waals surface area contributed by atoms with E-state index in [9.17, 15) is 0 Å². The van der Waals surface area contributed by atoms with Crippen molar-refractivity contribution in [1.29, 1.82) is 0 Å². The van der Waals surface area contributed by atoms with E-state index >= 15 is 0 Å². The summed E-state index contributed by atoms with van der Waals surface area (Å²) in [4.78, 5) is 14.2.